The first-order valence-corrected chi connectivity index (χ1v) is 12.2. The van der Waals surface area contributed by atoms with Crippen LogP contribution in [0.1, 0.15) is 56.6 Å². The van der Waals surface area contributed by atoms with E-state index in [1.807, 2.05) is 50.2 Å². The maximum atomic E-state index is 12.9. The summed E-state index contributed by atoms with van der Waals surface area (Å²) in [7, 11) is 0. The lowest BCUT2D eigenvalue weighted by atomic mass is 9.98. The number of amides is 2. The Bertz CT molecular complexity index is 993. The van der Waals surface area contributed by atoms with Crippen molar-refractivity contribution in [3.63, 3.8) is 0 Å². The first kappa shape index (κ1) is 26.2. The monoisotopic (exact) mass is 481 g/mol. The van der Waals surface area contributed by atoms with Crippen molar-refractivity contribution in [1.29, 1.82) is 0 Å². The van der Waals surface area contributed by atoms with E-state index in [-0.39, 0.29) is 24.9 Å². The number of carboxylic acid groups (broad SMARTS) is 1. The molecule has 0 saturated heterocycles. The smallest absolute Gasteiger partial charge is 0.407 e. The van der Waals surface area contributed by atoms with Gasteiger partial charge in [0.1, 0.15) is 18.7 Å². The topological polar surface area (TPSA) is 131 Å². The minimum Gasteiger partial charge on any atom is -0.480 e. The van der Waals surface area contributed by atoms with Crippen LogP contribution in [-0.4, -0.2) is 48.3 Å². The second-order valence-electron chi connectivity index (χ2n) is 9.34. The van der Waals surface area contributed by atoms with Crippen LogP contribution in [0.3, 0.4) is 0 Å². The van der Waals surface area contributed by atoms with Gasteiger partial charge >= 0.3 is 12.1 Å². The zero-order chi connectivity index (χ0) is 25.4. The van der Waals surface area contributed by atoms with E-state index in [0.29, 0.717) is 25.8 Å². The number of fused-ring (bicyclic) bond motifs is 3. The molecular weight excluding hydrogens is 446 g/mol. The average Bonchev–Trinajstić information content (AvgIpc) is 3.15. The molecule has 0 heterocycles. The molecule has 2 atom stereocenters. The number of nitrogens with two attached hydrogens (primary N) is 1. The molecule has 2 aromatic carbocycles. The minimum atomic E-state index is -1.11. The number of ether oxygens (including phenoxy) is 1. The lowest BCUT2D eigenvalue weighted by molar-refractivity contribution is -0.142. The van der Waals surface area contributed by atoms with Crippen molar-refractivity contribution in [2.75, 3.05) is 13.2 Å². The molecule has 0 spiro atoms. The van der Waals surface area contributed by atoms with Gasteiger partial charge in [0.05, 0.1) is 0 Å². The maximum absolute atomic E-state index is 12.9. The summed E-state index contributed by atoms with van der Waals surface area (Å²) in [5.74, 6) is -1.64. The third-order valence-corrected chi connectivity index (χ3v) is 6.22. The minimum absolute atomic E-state index is 0.0931. The third-order valence-electron chi connectivity index (χ3n) is 6.22. The number of carbonyl (C=O) groups excluding carboxylic acids is 2. The molecule has 0 unspecified atom stereocenters. The second-order valence-corrected chi connectivity index (χ2v) is 9.34. The molecule has 0 saturated carbocycles. The van der Waals surface area contributed by atoms with Gasteiger partial charge in [-0.15, -0.1) is 0 Å². The fourth-order valence-electron chi connectivity index (χ4n) is 4.51. The molecule has 1 aliphatic carbocycles. The number of rotatable bonds is 12. The first-order valence-electron chi connectivity index (χ1n) is 12.2. The van der Waals surface area contributed by atoms with E-state index in [9.17, 15) is 19.5 Å². The average molecular weight is 482 g/mol. The van der Waals surface area contributed by atoms with Crippen LogP contribution in [0.15, 0.2) is 48.5 Å². The van der Waals surface area contributed by atoms with Gasteiger partial charge < -0.3 is 26.2 Å². The van der Waals surface area contributed by atoms with Crippen LogP contribution in [0.2, 0.25) is 0 Å². The Hall–Kier alpha value is -3.39. The number of hydrogen-bond acceptors (Lipinski definition) is 5. The highest BCUT2D eigenvalue weighted by Crippen LogP contribution is 2.44. The molecule has 0 aromatic heterocycles. The van der Waals surface area contributed by atoms with E-state index in [1.165, 1.54) is 0 Å². The number of nitrogens with one attached hydrogen (secondary N) is 2. The van der Waals surface area contributed by atoms with Crippen LogP contribution in [0, 0.1) is 5.92 Å². The summed E-state index contributed by atoms with van der Waals surface area (Å²) in [6.07, 6.45) is 1.18. The molecule has 2 amide bonds. The van der Waals surface area contributed by atoms with Crippen molar-refractivity contribution in [1.82, 2.24) is 10.6 Å². The molecule has 8 nitrogen and oxygen atoms in total. The van der Waals surface area contributed by atoms with Gasteiger partial charge in [0.25, 0.3) is 0 Å². The normalized spacial score (nSPS) is 14.1. The molecule has 3 rings (SSSR count). The molecule has 2 aromatic rings. The third kappa shape index (κ3) is 6.82. The van der Waals surface area contributed by atoms with Crippen molar-refractivity contribution in [2.24, 2.45) is 11.7 Å². The van der Waals surface area contributed by atoms with Crippen LogP contribution in [0.25, 0.3) is 11.1 Å². The molecule has 188 valence electrons. The Morgan fingerprint density at radius 2 is 1.54 bits per heavy atom. The van der Waals surface area contributed by atoms with Crippen molar-refractivity contribution >= 4 is 18.0 Å². The van der Waals surface area contributed by atoms with E-state index >= 15 is 0 Å². The van der Waals surface area contributed by atoms with Gasteiger partial charge in [0.15, 0.2) is 0 Å². The van der Waals surface area contributed by atoms with E-state index in [4.69, 9.17) is 10.5 Å². The predicted octanol–water partition coefficient (Wildman–Crippen LogP) is 3.64. The number of carboxylic acids is 1. The molecule has 8 heteroatoms. The fraction of sp³-hybridized carbons (Fsp3) is 0.444. The fourth-order valence-corrected chi connectivity index (χ4v) is 4.51. The first-order chi connectivity index (χ1) is 16.8. The van der Waals surface area contributed by atoms with Crippen LogP contribution in [0.4, 0.5) is 4.79 Å². The standard InChI is InChI=1S/C27H35N3O5/c1-17(2)15-24(25(31)29-23(26(32)33)13-7-8-14-28)30-27(34)35-16-22-20-11-5-3-9-18(20)19-10-4-6-12-21(19)22/h3-6,9-12,17,22-24H,7-8,13-16,28H2,1-2H3,(H,29,31)(H,30,34)(H,32,33)/t23-,24-/m0/s1. The van der Waals surface area contributed by atoms with Crippen LogP contribution < -0.4 is 16.4 Å². The van der Waals surface area contributed by atoms with E-state index in [2.05, 4.69) is 22.8 Å². The molecule has 0 fully saturated rings. The van der Waals surface area contributed by atoms with Gasteiger partial charge in [-0.3, -0.25) is 4.79 Å². The van der Waals surface area contributed by atoms with E-state index in [1.54, 1.807) is 0 Å². The number of carbonyl (C=O) groups is 3. The van der Waals surface area contributed by atoms with Crippen molar-refractivity contribution < 1.29 is 24.2 Å². The number of benzene rings is 2. The van der Waals surface area contributed by atoms with Crippen LogP contribution in [-0.2, 0) is 14.3 Å². The lowest BCUT2D eigenvalue weighted by Gasteiger charge is -2.23. The summed E-state index contributed by atoms with van der Waals surface area (Å²) in [5, 5.41) is 14.7. The lowest BCUT2D eigenvalue weighted by Crippen LogP contribution is -2.52. The van der Waals surface area contributed by atoms with Crippen molar-refractivity contribution in [3.05, 3.63) is 59.7 Å². The summed E-state index contributed by atoms with van der Waals surface area (Å²) < 4.78 is 5.57. The summed E-state index contributed by atoms with van der Waals surface area (Å²) in [4.78, 5) is 37.2. The maximum Gasteiger partial charge on any atom is 0.407 e. The largest absolute Gasteiger partial charge is 0.480 e. The highest BCUT2D eigenvalue weighted by atomic mass is 16.5. The Labute approximate surface area is 206 Å². The summed E-state index contributed by atoms with van der Waals surface area (Å²) >= 11 is 0. The predicted molar refractivity (Wildman–Crippen MR) is 134 cm³/mol. The summed E-state index contributed by atoms with van der Waals surface area (Å²) in [6, 6.07) is 14.2. The van der Waals surface area contributed by atoms with Crippen molar-refractivity contribution in [2.45, 2.75) is 57.5 Å². The highest BCUT2D eigenvalue weighted by molar-refractivity contribution is 5.89. The molecule has 5 N–H and O–H groups in total. The SMILES string of the molecule is CC(C)C[C@H](NC(=O)OCC1c2ccccc2-c2ccccc21)C(=O)N[C@@H](CCCCN)C(=O)O. The number of hydrogen-bond donors (Lipinski definition) is 4. The van der Waals surface area contributed by atoms with Gasteiger partial charge in [-0.05, 0) is 60.4 Å². The number of aliphatic carboxylic acids is 1. The number of alkyl carbamates (subject to hydrolysis) is 1. The van der Waals surface area contributed by atoms with Crippen LogP contribution in [0.5, 0.6) is 0 Å². The quantitative estimate of drug-likeness (QED) is 0.342. The van der Waals surface area contributed by atoms with Gasteiger partial charge in [0.2, 0.25) is 5.91 Å². The number of unbranched alkanes of at least 4 members (excludes halogenated alkanes) is 1. The molecule has 0 bridgehead atoms. The van der Waals surface area contributed by atoms with Gasteiger partial charge in [-0.2, -0.15) is 0 Å². The molecule has 35 heavy (non-hydrogen) atoms. The van der Waals surface area contributed by atoms with E-state index < -0.39 is 30.1 Å². The highest BCUT2D eigenvalue weighted by Gasteiger charge is 2.31. The van der Waals surface area contributed by atoms with Gasteiger partial charge in [0, 0.05) is 5.92 Å². The van der Waals surface area contributed by atoms with Gasteiger partial charge in [-0.1, -0.05) is 62.4 Å². The van der Waals surface area contributed by atoms with Crippen LogP contribution >= 0.6 is 0 Å². The van der Waals surface area contributed by atoms with Gasteiger partial charge in [-0.25, -0.2) is 9.59 Å². The Balaban J connectivity index is 1.64. The molecule has 1 aliphatic rings. The summed E-state index contributed by atoms with van der Waals surface area (Å²) in [5.41, 5.74) is 9.93. The molecule has 0 aliphatic heterocycles. The zero-order valence-electron chi connectivity index (χ0n) is 20.3. The zero-order valence-corrected chi connectivity index (χ0v) is 20.3. The molecule has 0 radical (unpaired) electrons. The van der Waals surface area contributed by atoms with E-state index in [0.717, 1.165) is 22.3 Å². The Morgan fingerprint density at radius 3 is 2.09 bits per heavy atom. The molecular formula is C27H35N3O5. The Morgan fingerprint density at radius 1 is 0.943 bits per heavy atom. The second kappa shape index (κ2) is 12.4. The Kier molecular flexibility index (Phi) is 9.25. The summed E-state index contributed by atoms with van der Waals surface area (Å²) in [6.45, 7) is 4.44. The van der Waals surface area contributed by atoms with Crippen molar-refractivity contribution in [3.8, 4) is 11.1 Å².